The number of benzene rings is 1. The van der Waals surface area contributed by atoms with Gasteiger partial charge in [0.05, 0.1) is 6.61 Å². The largest absolute Gasteiger partial charge is 0.465 e. The van der Waals surface area contributed by atoms with Gasteiger partial charge in [0.1, 0.15) is 6.04 Å². The lowest BCUT2D eigenvalue weighted by Crippen LogP contribution is -2.43. The van der Waals surface area contributed by atoms with Crippen molar-refractivity contribution in [1.82, 2.24) is 5.32 Å². The highest BCUT2D eigenvalue weighted by Gasteiger charge is 2.20. The SMILES string of the molecule is CCOC(=O)C(CSc1ccc(C)c(C)c1)NC(C)C. The van der Waals surface area contributed by atoms with Crippen LogP contribution in [-0.4, -0.2) is 30.4 Å². The van der Waals surface area contributed by atoms with Crippen LogP contribution in [0.1, 0.15) is 31.9 Å². The molecule has 0 radical (unpaired) electrons. The monoisotopic (exact) mass is 295 g/mol. The Kier molecular flexibility index (Phi) is 7.10. The maximum absolute atomic E-state index is 11.9. The van der Waals surface area contributed by atoms with Crippen LogP contribution < -0.4 is 5.32 Å². The van der Waals surface area contributed by atoms with E-state index in [4.69, 9.17) is 4.74 Å². The minimum absolute atomic E-state index is 0.169. The number of esters is 1. The normalized spacial score (nSPS) is 12.5. The van der Waals surface area contributed by atoms with Gasteiger partial charge in [0.15, 0.2) is 0 Å². The minimum Gasteiger partial charge on any atom is -0.465 e. The molecule has 3 nitrogen and oxygen atoms in total. The van der Waals surface area contributed by atoms with E-state index >= 15 is 0 Å². The molecule has 1 aromatic rings. The van der Waals surface area contributed by atoms with Crippen LogP contribution in [0, 0.1) is 13.8 Å². The molecule has 0 heterocycles. The van der Waals surface area contributed by atoms with E-state index in [0.29, 0.717) is 12.4 Å². The second-order valence-electron chi connectivity index (χ2n) is 5.18. The van der Waals surface area contributed by atoms with Gasteiger partial charge in [0, 0.05) is 16.7 Å². The summed E-state index contributed by atoms with van der Waals surface area (Å²) in [4.78, 5) is 13.1. The fourth-order valence-corrected chi connectivity index (χ4v) is 2.83. The van der Waals surface area contributed by atoms with E-state index in [0.717, 1.165) is 0 Å². The summed E-state index contributed by atoms with van der Waals surface area (Å²) in [6.45, 7) is 10.5. The van der Waals surface area contributed by atoms with Gasteiger partial charge in [0.25, 0.3) is 0 Å². The summed E-state index contributed by atoms with van der Waals surface area (Å²) >= 11 is 1.68. The van der Waals surface area contributed by atoms with Gasteiger partial charge in [-0.15, -0.1) is 11.8 Å². The molecule has 1 N–H and O–H groups in total. The highest BCUT2D eigenvalue weighted by molar-refractivity contribution is 7.99. The Morgan fingerprint density at radius 2 is 2.00 bits per heavy atom. The van der Waals surface area contributed by atoms with E-state index in [1.165, 1.54) is 16.0 Å². The molecule has 0 aliphatic carbocycles. The van der Waals surface area contributed by atoms with Crippen LogP contribution in [0.5, 0.6) is 0 Å². The standard InChI is InChI=1S/C16H25NO2S/c1-6-19-16(18)15(17-11(2)3)10-20-14-8-7-12(4)13(5)9-14/h7-9,11,15,17H,6,10H2,1-5H3. The summed E-state index contributed by atoms with van der Waals surface area (Å²) in [5, 5.41) is 3.27. The highest BCUT2D eigenvalue weighted by Crippen LogP contribution is 2.22. The van der Waals surface area contributed by atoms with Gasteiger partial charge < -0.3 is 10.1 Å². The van der Waals surface area contributed by atoms with Crippen LogP contribution in [0.3, 0.4) is 0 Å². The van der Waals surface area contributed by atoms with Gasteiger partial charge in [-0.25, -0.2) is 0 Å². The van der Waals surface area contributed by atoms with Crippen molar-refractivity contribution < 1.29 is 9.53 Å². The van der Waals surface area contributed by atoms with E-state index in [-0.39, 0.29) is 18.1 Å². The summed E-state index contributed by atoms with van der Waals surface area (Å²) in [7, 11) is 0. The van der Waals surface area contributed by atoms with Crippen LogP contribution in [0.4, 0.5) is 0 Å². The van der Waals surface area contributed by atoms with Crippen LogP contribution in [0.25, 0.3) is 0 Å². The van der Waals surface area contributed by atoms with Crippen LogP contribution in [0.2, 0.25) is 0 Å². The third-order valence-electron chi connectivity index (χ3n) is 3.00. The summed E-state index contributed by atoms with van der Waals surface area (Å²) in [5.74, 6) is 0.511. The molecule has 0 spiro atoms. The first kappa shape index (κ1) is 17.1. The topological polar surface area (TPSA) is 38.3 Å². The first-order valence-electron chi connectivity index (χ1n) is 7.06. The number of thioether (sulfide) groups is 1. The fourth-order valence-electron chi connectivity index (χ4n) is 1.81. The molecule has 1 atom stereocenters. The second-order valence-corrected chi connectivity index (χ2v) is 6.28. The van der Waals surface area contributed by atoms with E-state index < -0.39 is 0 Å². The zero-order chi connectivity index (χ0) is 15.1. The van der Waals surface area contributed by atoms with Crippen molar-refractivity contribution in [3.05, 3.63) is 29.3 Å². The molecular weight excluding hydrogens is 270 g/mol. The molecule has 0 bridgehead atoms. The molecule has 0 saturated carbocycles. The number of hydrogen-bond donors (Lipinski definition) is 1. The van der Waals surface area contributed by atoms with Crippen molar-refractivity contribution in [2.45, 2.75) is 51.6 Å². The van der Waals surface area contributed by atoms with Gasteiger partial charge in [-0.3, -0.25) is 4.79 Å². The minimum atomic E-state index is -0.262. The highest BCUT2D eigenvalue weighted by atomic mass is 32.2. The summed E-state index contributed by atoms with van der Waals surface area (Å²) in [6, 6.07) is 6.38. The van der Waals surface area contributed by atoms with Crippen molar-refractivity contribution in [2.24, 2.45) is 0 Å². The number of carbonyl (C=O) groups is 1. The molecule has 0 fully saturated rings. The smallest absolute Gasteiger partial charge is 0.324 e. The van der Waals surface area contributed by atoms with Crippen molar-refractivity contribution >= 4 is 17.7 Å². The molecule has 0 aromatic heterocycles. The van der Waals surface area contributed by atoms with Crippen molar-refractivity contribution in [1.29, 1.82) is 0 Å². The first-order chi connectivity index (χ1) is 9.43. The molecule has 1 rings (SSSR count). The number of carbonyl (C=O) groups excluding carboxylic acids is 1. The third kappa shape index (κ3) is 5.55. The number of hydrogen-bond acceptors (Lipinski definition) is 4. The Morgan fingerprint density at radius 1 is 1.30 bits per heavy atom. The maximum atomic E-state index is 11.9. The van der Waals surface area contributed by atoms with Gasteiger partial charge in [-0.1, -0.05) is 19.9 Å². The first-order valence-corrected chi connectivity index (χ1v) is 8.05. The summed E-state index contributed by atoms with van der Waals surface area (Å²) < 4.78 is 5.12. The molecule has 0 aliphatic rings. The van der Waals surface area contributed by atoms with E-state index in [1.54, 1.807) is 11.8 Å². The average Bonchev–Trinajstić information content (AvgIpc) is 2.38. The molecular formula is C16H25NO2S. The Bertz CT molecular complexity index is 446. The molecule has 1 unspecified atom stereocenters. The predicted molar refractivity (Wildman–Crippen MR) is 85.3 cm³/mol. The molecule has 0 amide bonds. The zero-order valence-electron chi connectivity index (χ0n) is 13.0. The van der Waals surface area contributed by atoms with Gasteiger partial charge in [-0.2, -0.15) is 0 Å². The second kappa shape index (κ2) is 8.32. The molecule has 112 valence electrons. The fraction of sp³-hybridized carbons (Fsp3) is 0.562. The van der Waals surface area contributed by atoms with Crippen LogP contribution in [0.15, 0.2) is 23.1 Å². The molecule has 0 aliphatic heterocycles. The van der Waals surface area contributed by atoms with Gasteiger partial charge >= 0.3 is 5.97 Å². The Hall–Kier alpha value is -1.00. The maximum Gasteiger partial charge on any atom is 0.324 e. The van der Waals surface area contributed by atoms with E-state index in [2.05, 4.69) is 37.4 Å². The quantitative estimate of drug-likeness (QED) is 0.618. The number of nitrogens with one attached hydrogen (secondary N) is 1. The van der Waals surface area contributed by atoms with Gasteiger partial charge in [0.2, 0.25) is 0 Å². The Balaban J connectivity index is 2.65. The van der Waals surface area contributed by atoms with E-state index in [9.17, 15) is 4.79 Å². The Labute approximate surface area is 126 Å². The van der Waals surface area contributed by atoms with Crippen molar-refractivity contribution in [2.75, 3.05) is 12.4 Å². The van der Waals surface area contributed by atoms with Crippen LogP contribution >= 0.6 is 11.8 Å². The lowest BCUT2D eigenvalue weighted by Gasteiger charge is -2.19. The average molecular weight is 295 g/mol. The summed E-state index contributed by atoms with van der Waals surface area (Å²) in [5.41, 5.74) is 2.57. The molecule has 20 heavy (non-hydrogen) atoms. The molecule has 4 heteroatoms. The molecule has 1 aromatic carbocycles. The number of rotatable bonds is 7. The van der Waals surface area contributed by atoms with Crippen molar-refractivity contribution in [3.63, 3.8) is 0 Å². The summed E-state index contributed by atoms with van der Waals surface area (Å²) in [6.07, 6.45) is 0. The van der Waals surface area contributed by atoms with Crippen molar-refractivity contribution in [3.8, 4) is 0 Å². The molecule has 0 saturated heterocycles. The lowest BCUT2D eigenvalue weighted by molar-refractivity contribution is -0.145. The van der Waals surface area contributed by atoms with E-state index in [1.807, 2.05) is 20.8 Å². The Morgan fingerprint density at radius 3 is 2.55 bits per heavy atom. The van der Waals surface area contributed by atoms with Crippen LogP contribution in [-0.2, 0) is 9.53 Å². The predicted octanol–water partition coefficient (Wildman–Crippen LogP) is 3.33. The zero-order valence-corrected chi connectivity index (χ0v) is 13.8. The van der Waals surface area contributed by atoms with Gasteiger partial charge in [-0.05, 0) is 44.0 Å². The number of aryl methyl sites for hydroxylation is 2. The third-order valence-corrected chi connectivity index (χ3v) is 4.09. The lowest BCUT2D eigenvalue weighted by atomic mass is 10.1. The number of ether oxygens (including phenoxy) is 1.